The summed E-state index contributed by atoms with van der Waals surface area (Å²) in [7, 11) is 0. The summed E-state index contributed by atoms with van der Waals surface area (Å²) in [4.78, 5) is 15.7. The number of hydrogen-bond donors (Lipinski definition) is 1. The van der Waals surface area contributed by atoms with Gasteiger partial charge in [-0.1, -0.05) is 6.07 Å². The summed E-state index contributed by atoms with van der Waals surface area (Å²) < 4.78 is 150. The second-order valence-corrected chi connectivity index (χ2v) is 7.81. The predicted octanol–water partition coefficient (Wildman–Crippen LogP) is 5.71. The number of thiazole rings is 1. The molecule has 0 aliphatic heterocycles. The van der Waals surface area contributed by atoms with Crippen molar-refractivity contribution in [1.29, 1.82) is 0 Å². The zero-order valence-electron chi connectivity index (χ0n) is 13.6. The molecule has 3 nitrogen and oxygen atoms in total. The molecule has 2 aromatic heterocycles. The zero-order chi connectivity index (χ0) is 23.0. The molecule has 0 unspecified atom stereocenters. The van der Waals surface area contributed by atoms with Crippen LogP contribution in [0.3, 0.4) is 0 Å². The molecule has 0 saturated heterocycles. The van der Waals surface area contributed by atoms with Crippen LogP contribution in [0.2, 0.25) is 0 Å². The van der Waals surface area contributed by atoms with E-state index in [1.54, 1.807) is 5.38 Å². The summed E-state index contributed by atoms with van der Waals surface area (Å²) in [6.45, 7) is 0. The van der Waals surface area contributed by atoms with E-state index in [-0.39, 0.29) is 5.69 Å². The second-order valence-electron chi connectivity index (χ2n) is 6.00. The molecular formula is C14H5F11N2OS2. The van der Waals surface area contributed by atoms with Crippen molar-refractivity contribution in [2.24, 2.45) is 0 Å². The minimum absolute atomic E-state index is 0.0163. The van der Waals surface area contributed by atoms with Gasteiger partial charge in [0.1, 0.15) is 0 Å². The van der Waals surface area contributed by atoms with Crippen molar-refractivity contribution in [2.45, 2.75) is 35.3 Å². The average molecular weight is 490 g/mol. The Bertz CT molecular complexity index is 940. The summed E-state index contributed by atoms with van der Waals surface area (Å²) in [6.07, 6.45) is 0. The van der Waals surface area contributed by atoms with Crippen LogP contribution in [0.1, 0.15) is 0 Å². The van der Waals surface area contributed by atoms with Gasteiger partial charge in [-0.3, -0.25) is 10.1 Å². The fraction of sp³-hybridized carbons (Fsp3) is 0.429. The lowest BCUT2D eigenvalue weighted by Gasteiger charge is -2.51. The van der Waals surface area contributed by atoms with Crippen LogP contribution in [0.25, 0.3) is 10.6 Å². The van der Waals surface area contributed by atoms with E-state index in [1.165, 1.54) is 12.1 Å². The monoisotopic (exact) mass is 490 g/mol. The Morgan fingerprint density at radius 2 is 1.30 bits per heavy atom. The second kappa shape index (κ2) is 6.27. The van der Waals surface area contributed by atoms with Crippen LogP contribution in [0.15, 0.2) is 22.9 Å². The van der Waals surface area contributed by atoms with Crippen LogP contribution in [0, 0.1) is 0 Å². The Balaban J connectivity index is 2.07. The molecule has 1 aliphatic rings. The normalized spacial score (nSPS) is 24.9. The van der Waals surface area contributed by atoms with Gasteiger partial charge < -0.3 is 0 Å². The van der Waals surface area contributed by atoms with Gasteiger partial charge in [-0.25, -0.2) is 9.37 Å². The number of alkyl halides is 11. The lowest BCUT2D eigenvalue weighted by atomic mass is 9.71. The number of rotatable bonds is 3. The first kappa shape index (κ1) is 22.7. The number of anilines is 1. The number of thiophene rings is 1. The van der Waals surface area contributed by atoms with Crippen molar-refractivity contribution < 1.29 is 53.1 Å². The number of amides is 1. The van der Waals surface area contributed by atoms with E-state index in [1.807, 2.05) is 0 Å². The topological polar surface area (TPSA) is 42.0 Å². The summed E-state index contributed by atoms with van der Waals surface area (Å²) in [5, 5.41) is 2.73. The van der Waals surface area contributed by atoms with Gasteiger partial charge in [0.25, 0.3) is 5.91 Å². The number of nitrogens with zero attached hydrogens (tertiary/aromatic N) is 1. The van der Waals surface area contributed by atoms with Gasteiger partial charge in [0, 0.05) is 5.38 Å². The molecule has 30 heavy (non-hydrogen) atoms. The summed E-state index contributed by atoms with van der Waals surface area (Å²) in [5.74, 6) is -39.9. The first-order chi connectivity index (χ1) is 13.5. The van der Waals surface area contributed by atoms with E-state index >= 15 is 0 Å². The molecule has 1 N–H and O–H groups in total. The fourth-order valence-corrected chi connectivity index (χ4v) is 4.02. The number of hydrogen-bond acceptors (Lipinski definition) is 4. The van der Waals surface area contributed by atoms with E-state index < -0.39 is 46.3 Å². The number of nitrogens with one attached hydrogen (secondary N) is 1. The zero-order valence-corrected chi connectivity index (χ0v) is 15.3. The third-order valence-electron chi connectivity index (χ3n) is 4.25. The van der Waals surface area contributed by atoms with Crippen LogP contribution in [-0.2, 0) is 4.79 Å². The third-order valence-corrected chi connectivity index (χ3v) is 5.90. The number of aromatic nitrogens is 1. The molecule has 3 rings (SSSR count). The van der Waals surface area contributed by atoms with Crippen molar-refractivity contribution in [3.63, 3.8) is 0 Å². The van der Waals surface area contributed by atoms with E-state index in [0.717, 1.165) is 22.0 Å². The molecule has 1 fully saturated rings. The first-order valence-electron chi connectivity index (χ1n) is 7.35. The first-order valence-corrected chi connectivity index (χ1v) is 9.11. The summed E-state index contributed by atoms with van der Waals surface area (Å²) in [6, 6.07) is 3.00. The average Bonchev–Trinajstić information content (AvgIpc) is 3.30. The van der Waals surface area contributed by atoms with Crippen molar-refractivity contribution in [3.05, 3.63) is 22.9 Å². The van der Waals surface area contributed by atoms with Gasteiger partial charge in [0.05, 0.1) is 10.6 Å². The maximum absolute atomic E-state index is 14.6. The quantitative estimate of drug-likeness (QED) is 0.561. The molecule has 1 aliphatic carbocycles. The highest BCUT2D eigenvalue weighted by molar-refractivity contribution is 7.16. The van der Waals surface area contributed by atoms with E-state index in [2.05, 4.69) is 4.98 Å². The van der Waals surface area contributed by atoms with Crippen LogP contribution in [0.4, 0.5) is 53.4 Å². The molecule has 166 valence electrons. The van der Waals surface area contributed by atoms with Crippen LogP contribution in [-0.4, -0.2) is 46.2 Å². The third kappa shape index (κ3) is 2.42. The molecule has 0 radical (unpaired) electrons. The van der Waals surface area contributed by atoms with E-state index in [0.29, 0.717) is 16.2 Å². The van der Waals surface area contributed by atoms with E-state index in [9.17, 15) is 53.1 Å². The Morgan fingerprint density at radius 3 is 1.77 bits per heavy atom. The van der Waals surface area contributed by atoms with Gasteiger partial charge in [-0.05, 0) is 11.4 Å². The standard InChI is InChI=1S/C14H5F11N2OS2/c15-9(7(28)27-8-26-5(4-30-8)6-2-1-3-29-6)10(16,17)12(20,21)14(24,25)13(22,23)11(9,18)19/h1-4H,(H,26,27,28). The molecule has 0 bridgehead atoms. The maximum Gasteiger partial charge on any atom is 0.384 e. The highest BCUT2D eigenvalue weighted by Gasteiger charge is 3.02. The lowest BCUT2D eigenvalue weighted by Crippen LogP contribution is -2.86. The highest BCUT2D eigenvalue weighted by Crippen LogP contribution is 2.69. The Kier molecular flexibility index (Phi) is 4.75. The minimum Gasteiger partial charge on any atom is -0.299 e. The maximum atomic E-state index is 14.6. The van der Waals surface area contributed by atoms with Gasteiger partial charge in [-0.2, -0.15) is 43.9 Å². The van der Waals surface area contributed by atoms with Gasteiger partial charge in [-0.15, -0.1) is 22.7 Å². The SMILES string of the molecule is O=C(Nc1nc(-c2cccs2)cs1)C1(F)C(F)(F)C(F)(F)C(F)(F)C(F)(F)C1(F)F. The molecule has 0 spiro atoms. The van der Waals surface area contributed by atoms with Gasteiger partial charge in [0.15, 0.2) is 5.13 Å². The molecule has 1 amide bonds. The number of carbonyl (C=O) groups is 1. The van der Waals surface area contributed by atoms with Crippen molar-refractivity contribution >= 4 is 33.7 Å². The molecule has 2 heterocycles. The summed E-state index contributed by atoms with van der Waals surface area (Å²) in [5.41, 5.74) is -6.73. The molecule has 16 heteroatoms. The Hall–Kier alpha value is -1.97. The molecule has 1 saturated carbocycles. The van der Waals surface area contributed by atoms with Crippen LogP contribution < -0.4 is 5.32 Å². The largest absolute Gasteiger partial charge is 0.384 e. The Labute approximate surface area is 166 Å². The highest BCUT2D eigenvalue weighted by atomic mass is 32.1. The number of carbonyl (C=O) groups excluding carboxylic acids is 1. The number of halogens is 11. The van der Waals surface area contributed by atoms with Gasteiger partial charge in [0.2, 0.25) is 0 Å². The Morgan fingerprint density at radius 1 is 0.800 bits per heavy atom. The minimum atomic E-state index is -7.38. The smallest absolute Gasteiger partial charge is 0.299 e. The van der Waals surface area contributed by atoms with Gasteiger partial charge >= 0.3 is 35.3 Å². The molecule has 0 atom stereocenters. The molecular weight excluding hydrogens is 485 g/mol. The molecule has 0 aromatic carbocycles. The van der Waals surface area contributed by atoms with Crippen LogP contribution >= 0.6 is 22.7 Å². The van der Waals surface area contributed by atoms with Crippen molar-refractivity contribution in [2.75, 3.05) is 5.32 Å². The van der Waals surface area contributed by atoms with Crippen LogP contribution in [0.5, 0.6) is 0 Å². The van der Waals surface area contributed by atoms with Crippen molar-refractivity contribution in [1.82, 2.24) is 4.98 Å². The molecule has 2 aromatic rings. The van der Waals surface area contributed by atoms with E-state index in [4.69, 9.17) is 0 Å². The summed E-state index contributed by atoms with van der Waals surface area (Å²) >= 11 is 1.39. The fourth-order valence-electron chi connectivity index (χ4n) is 2.56. The lowest BCUT2D eigenvalue weighted by molar-refractivity contribution is -0.475. The van der Waals surface area contributed by atoms with Crippen molar-refractivity contribution in [3.8, 4) is 10.6 Å². The predicted molar refractivity (Wildman–Crippen MR) is 82.6 cm³/mol.